The van der Waals surface area contributed by atoms with Gasteiger partial charge in [-0.3, -0.25) is 10.1 Å². The lowest BCUT2D eigenvalue weighted by Gasteiger charge is -2.11. The van der Waals surface area contributed by atoms with Crippen LogP contribution in [0.5, 0.6) is 5.75 Å². The van der Waals surface area contributed by atoms with Crippen molar-refractivity contribution in [3.05, 3.63) is 78.5 Å². The van der Waals surface area contributed by atoms with Gasteiger partial charge in [0.15, 0.2) is 0 Å². The van der Waals surface area contributed by atoms with Gasteiger partial charge in [0.1, 0.15) is 28.4 Å². The van der Waals surface area contributed by atoms with Crippen LogP contribution in [-0.4, -0.2) is 43.8 Å². The number of fused-ring (bicyclic) bond motifs is 2. The van der Waals surface area contributed by atoms with Crippen molar-refractivity contribution in [2.24, 2.45) is 5.92 Å². The van der Waals surface area contributed by atoms with E-state index < -0.39 is 0 Å². The number of rotatable bonds is 8. The van der Waals surface area contributed by atoms with Crippen LogP contribution in [0, 0.1) is 11.7 Å². The first-order valence-electron chi connectivity index (χ1n) is 14.0. The van der Waals surface area contributed by atoms with E-state index in [-0.39, 0.29) is 5.82 Å². The van der Waals surface area contributed by atoms with Crippen LogP contribution in [0.15, 0.2) is 67.1 Å². The molecule has 1 aliphatic carbocycles. The van der Waals surface area contributed by atoms with E-state index in [9.17, 15) is 4.39 Å². The van der Waals surface area contributed by atoms with E-state index in [1.165, 1.54) is 44.9 Å². The summed E-state index contributed by atoms with van der Waals surface area (Å²) in [4.78, 5) is 17.4. The number of hydrogen-bond donors (Lipinski definition) is 3. The van der Waals surface area contributed by atoms with Crippen LogP contribution < -0.4 is 10.1 Å². The lowest BCUT2D eigenvalue weighted by molar-refractivity contribution is 0.411. The Kier molecular flexibility index (Phi) is 6.64. The summed E-state index contributed by atoms with van der Waals surface area (Å²) in [7, 11) is 1.53. The maximum Gasteiger partial charge on any atom is 0.138 e. The second kappa shape index (κ2) is 10.7. The van der Waals surface area contributed by atoms with Gasteiger partial charge in [-0.2, -0.15) is 5.10 Å². The Bertz CT molecular complexity index is 1850. The summed E-state index contributed by atoms with van der Waals surface area (Å²) in [6, 6.07) is 14.6. The minimum atomic E-state index is -0.363. The van der Waals surface area contributed by atoms with E-state index in [0.717, 1.165) is 63.5 Å². The fourth-order valence-electron chi connectivity index (χ4n) is 5.85. The minimum Gasteiger partial charge on any atom is -0.497 e. The molecule has 0 atom stereocenters. The number of H-pyrrole nitrogens is 2. The van der Waals surface area contributed by atoms with E-state index in [4.69, 9.17) is 9.72 Å². The molecule has 41 heavy (non-hydrogen) atoms. The Balaban J connectivity index is 1.21. The van der Waals surface area contributed by atoms with Gasteiger partial charge in [0.25, 0.3) is 0 Å². The van der Waals surface area contributed by atoms with Gasteiger partial charge in [-0.1, -0.05) is 12.8 Å². The third-order valence-electron chi connectivity index (χ3n) is 7.94. The van der Waals surface area contributed by atoms with E-state index in [1.54, 1.807) is 6.20 Å². The molecule has 9 heteroatoms. The maximum atomic E-state index is 14.3. The number of aromatic nitrogens is 6. The summed E-state index contributed by atoms with van der Waals surface area (Å²) in [5, 5.41) is 12.1. The lowest BCUT2D eigenvalue weighted by atomic mass is 10.0. The number of nitrogens with one attached hydrogen (secondary N) is 3. The van der Waals surface area contributed by atoms with Gasteiger partial charge in [0.05, 0.1) is 24.0 Å². The number of methoxy groups -OCH3 is 1. The fraction of sp³-hybridized carbons (Fsp3) is 0.250. The van der Waals surface area contributed by atoms with Crippen molar-refractivity contribution in [3.8, 4) is 39.5 Å². The summed E-state index contributed by atoms with van der Waals surface area (Å²) in [6.45, 7) is 1.85. The molecular formula is C32H30FN7O. The molecule has 5 heterocycles. The quantitative estimate of drug-likeness (QED) is 0.197. The zero-order valence-corrected chi connectivity index (χ0v) is 22.7. The molecule has 8 nitrogen and oxygen atoms in total. The SMILES string of the molecule is COc1cc(F)cc(-c2ccnc3[nH]c(-c4n[nH]c5ccc(-c6cncc(CNCC7CCCC7)c6)nc45)cc23)c1. The highest BCUT2D eigenvalue weighted by molar-refractivity contribution is 5.99. The Labute approximate surface area is 236 Å². The molecule has 0 spiro atoms. The highest BCUT2D eigenvalue weighted by Gasteiger charge is 2.17. The third-order valence-corrected chi connectivity index (χ3v) is 7.94. The molecule has 5 aromatic heterocycles. The highest BCUT2D eigenvalue weighted by atomic mass is 19.1. The first-order valence-corrected chi connectivity index (χ1v) is 14.0. The first-order chi connectivity index (χ1) is 20.1. The Morgan fingerprint density at radius 3 is 2.80 bits per heavy atom. The Morgan fingerprint density at radius 2 is 1.93 bits per heavy atom. The van der Waals surface area contributed by atoms with Gasteiger partial charge in [0, 0.05) is 42.2 Å². The average molecular weight is 548 g/mol. The van der Waals surface area contributed by atoms with Gasteiger partial charge in [-0.25, -0.2) is 14.4 Å². The van der Waals surface area contributed by atoms with Gasteiger partial charge in [0.2, 0.25) is 0 Å². The minimum absolute atomic E-state index is 0.363. The summed E-state index contributed by atoms with van der Waals surface area (Å²) in [5.41, 5.74) is 8.16. The maximum absolute atomic E-state index is 14.3. The van der Waals surface area contributed by atoms with E-state index in [2.05, 4.69) is 36.5 Å². The molecule has 0 aliphatic heterocycles. The normalized spacial score (nSPS) is 13.9. The molecule has 3 N–H and O–H groups in total. The Hall–Kier alpha value is -4.63. The molecule has 0 bridgehead atoms. The van der Waals surface area contributed by atoms with E-state index in [1.807, 2.05) is 42.7 Å². The molecule has 1 aromatic carbocycles. The van der Waals surface area contributed by atoms with Gasteiger partial charge < -0.3 is 15.0 Å². The molecule has 206 valence electrons. The molecule has 7 rings (SSSR count). The molecule has 0 radical (unpaired) electrons. The van der Waals surface area contributed by atoms with Crippen molar-refractivity contribution in [1.82, 2.24) is 35.5 Å². The van der Waals surface area contributed by atoms with Gasteiger partial charge in [-0.15, -0.1) is 0 Å². The zero-order valence-electron chi connectivity index (χ0n) is 22.7. The molecular weight excluding hydrogens is 517 g/mol. The van der Waals surface area contributed by atoms with E-state index in [0.29, 0.717) is 22.7 Å². The summed E-state index contributed by atoms with van der Waals surface area (Å²) < 4.78 is 19.6. The largest absolute Gasteiger partial charge is 0.497 e. The number of nitrogens with zero attached hydrogens (tertiary/aromatic N) is 4. The van der Waals surface area contributed by atoms with Crippen LogP contribution in [0.25, 0.3) is 55.8 Å². The number of benzene rings is 1. The number of ether oxygens (including phenoxy) is 1. The average Bonchev–Trinajstić information content (AvgIpc) is 3.76. The van der Waals surface area contributed by atoms with Crippen LogP contribution in [0.4, 0.5) is 4.39 Å². The summed E-state index contributed by atoms with van der Waals surface area (Å²) in [5.74, 6) is 0.888. The smallest absolute Gasteiger partial charge is 0.138 e. The van der Waals surface area contributed by atoms with Crippen molar-refractivity contribution < 1.29 is 9.13 Å². The number of halogens is 1. The lowest BCUT2D eigenvalue weighted by Crippen LogP contribution is -2.20. The van der Waals surface area contributed by atoms with Crippen LogP contribution >= 0.6 is 0 Å². The third kappa shape index (κ3) is 5.04. The zero-order chi connectivity index (χ0) is 27.8. The van der Waals surface area contributed by atoms with Crippen LogP contribution in [-0.2, 0) is 6.54 Å². The number of pyridine rings is 3. The van der Waals surface area contributed by atoms with Gasteiger partial charge >= 0.3 is 0 Å². The fourth-order valence-corrected chi connectivity index (χ4v) is 5.85. The predicted molar refractivity (Wildman–Crippen MR) is 158 cm³/mol. The van der Waals surface area contributed by atoms with Crippen molar-refractivity contribution in [1.29, 1.82) is 0 Å². The molecule has 0 amide bonds. The number of hydrogen-bond acceptors (Lipinski definition) is 6. The second-order valence-corrected chi connectivity index (χ2v) is 10.7. The second-order valence-electron chi connectivity index (χ2n) is 10.7. The highest BCUT2D eigenvalue weighted by Crippen LogP contribution is 2.35. The van der Waals surface area contributed by atoms with Crippen molar-refractivity contribution in [3.63, 3.8) is 0 Å². The van der Waals surface area contributed by atoms with Crippen molar-refractivity contribution in [2.75, 3.05) is 13.7 Å². The Morgan fingerprint density at radius 1 is 1.02 bits per heavy atom. The van der Waals surface area contributed by atoms with Crippen molar-refractivity contribution in [2.45, 2.75) is 32.2 Å². The molecule has 6 aromatic rings. The molecule has 1 saturated carbocycles. The van der Waals surface area contributed by atoms with Gasteiger partial charge in [-0.05, 0) is 84.5 Å². The molecule has 1 aliphatic rings. The monoisotopic (exact) mass is 547 g/mol. The van der Waals surface area contributed by atoms with Crippen LogP contribution in [0.1, 0.15) is 31.2 Å². The predicted octanol–water partition coefficient (Wildman–Crippen LogP) is 6.66. The molecule has 1 fully saturated rings. The molecule has 0 saturated heterocycles. The van der Waals surface area contributed by atoms with E-state index >= 15 is 0 Å². The standard InChI is InChI=1S/C32H30FN7O/c1-41-24-12-21(11-23(33)13-24)25-8-9-36-32-26(25)14-29(38-32)31-30-28(39-40-31)7-6-27(37-30)22-10-20(17-35-18-22)16-34-15-19-4-2-3-5-19/h6-14,17-19,34H,2-5,15-16H2,1H3,(H,36,38)(H,39,40). The van der Waals surface area contributed by atoms with Crippen LogP contribution in [0.2, 0.25) is 0 Å². The molecule has 0 unspecified atom stereocenters. The van der Waals surface area contributed by atoms with Crippen molar-refractivity contribution >= 4 is 22.1 Å². The first kappa shape index (κ1) is 25.3. The topological polar surface area (TPSA) is 104 Å². The summed E-state index contributed by atoms with van der Waals surface area (Å²) in [6.07, 6.45) is 10.8. The van der Waals surface area contributed by atoms with Crippen LogP contribution in [0.3, 0.4) is 0 Å². The summed E-state index contributed by atoms with van der Waals surface area (Å²) >= 11 is 0. The number of aromatic amines is 2.